The monoisotopic (exact) mass is 248 g/mol. The van der Waals surface area contributed by atoms with E-state index < -0.39 is 0 Å². The molecular formula is C13H20N4O. The zero-order chi connectivity index (χ0) is 13.0. The summed E-state index contributed by atoms with van der Waals surface area (Å²) in [5.41, 5.74) is 2.00. The number of nitrogens with zero attached hydrogens (tertiary/aromatic N) is 3. The van der Waals surface area contributed by atoms with Crippen molar-refractivity contribution in [3.05, 3.63) is 24.0 Å². The molecule has 98 valence electrons. The van der Waals surface area contributed by atoms with Gasteiger partial charge in [-0.3, -0.25) is 4.98 Å². The third-order valence-electron chi connectivity index (χ3n) is 3.05. The maximum Gasteiger partial charge on any atom is 0.320 e. The molecule has 1 aliphatic heterocycles. The minimum absolute atomic E-state index is 0.0868. The van der Waals surface area contributed by atoms with Crippen molar-refractivity contribution < 1.29 is 4.79 Å². The number of pyridine rings is 1. The Bertz CT molecular complexity index is 421. The Kier molecular flexibility index (Phi) is 4.02. The van der Waals surface area contributed by atoms with Crippen molar-refractivity contribution in [2.75, 3.05) is 32.0 Å². The first-order valence-corrected chi connectivity index (χ1v) is 6.39. The third kappa shape index (κ3) is 2.91. The molecule has 0 aliphatic carbocycles. The minimum atomic E-state index is 0.0868. The van der Waals surface area contributed by atoms with Crippen LogP contribution in [0.5, 0.6) is 0 Å². The normalized spacial score (nSPS) is 15.3. The highest BCUT2D eigenvalue weighted by atomic mass is 16.2. The molecule has 2 rings (SSSR count). The van der Waals surface area contributed by atoms with Crippen LogP contribution < -0.4 is 5.32 Å². The largest absolute Gasteiger partial charge is 0.385 e. The Labute approximate surface area is 108 Å². The highest BCUT2D eigenvalue weighted by molar-refractivity contribution is 5.76. The average Bonchev–Trinajstić information content (AvgIpc) is 2.69. The summed E-state index contributed by atoms with van der Waals surface area (Å²) in [6, 6.07) is 4.06. The quantitative estimate of drug-likeness (QED) is 0.864. The smallest absolute Gasteiger partial charge is 0.320 e. The van der Waals surface area contributed by atoms with Gasteiger partial charge in [0.2, 0.25) is 0 Å². The Hall–Kier alpha value is -1.78. The number of rotatable bonds is 5. The second-order valence-electron chi connectivity index (χ2n) is 4.59. The Morgan fingerprint density at radius 3 is 2.94 bits per heavy atom. The van der Waals surface area contributed by atoms with Crippen LogP contribution in [0.25, 0.3) is 0 Å². The van der Waals surface area contributed by atoms with Crippen molar-refractivity contribution in [2.24, 2.45) is 0 Å². The molecule has 0 spiro atoms. The molecular weight excluding hydrogens is 228 g/mol. The maximum atomic E-state index is 11.8. The summed E-state index contributed by atoms with van der Waals surface area (Å²) in [6.45, 7) is 5.25. The topological polar surface area (TPSA) is 48.5 Å². The van der Waals surface area contributed by atoms with Gasteiger partial charge in [-0.05, 0) is 18.6 Å². The van der Waals surface area contributed by atoms with Crippen molar-refractivity contribution in [3.8, 4) is 0 Å². The summed E-state index contributed by atoms with van der Waals surface area (Å²) in [6.07, 6.45) is 2.88. The lowest BCUT2D eigenvalue weighted by molar-refractivity contribution is 0.196. The molecule has 18 heavy (non-hydrogen) atoms. The van der Waals surface area contributed by atoms with Crippen LogP contribution in [0.2, 0.25) is 0 Å². The molecule has 1 aromatic heterocycles. The lowest BCUT2D eigenvalue weighted by atomic mass is 10.3. The highest BCUT2D eigenvalue weighted by Crippen LogP contribution is 2.13. The summed E-state index contributed by atoms with van der Waals surface area (Å²) in [4.78, 5) is 19.7. The van der Waals surface area contributed by atoms with Crippen LogP contribution in [0, 0.1) is 0 Å². The van der Waals surface area contributed by atoms with Crippen molar-refractivity contribution in [2.45, 2.75) is 19.9 Å². The number of anilines is 1. The third-order valence-corrected chi connectivity index (χ3v) is 3.05. The van der Waals surface area contributed by atoms with Gasteiger partial charge in [-0.25, -0.2) is 4.79 Å². The van der Waals surface area contributed by atoms with E-state index in [1.54, 1.807) is 11.1 Å². The van der Waals surface area contributed by atoms with E-state index in [-0.39, 0.29) is 6.03 Å². The second kappa shape index (κ2) is 5.71. The van der Waals surface area contributed by atoms with Gasteiger partial charge in [0.05, 0.1) is 12.2 Å². The van der Waals surface area contributed by atoms with Gasteiger partial charge in [-0.2, -0.15) is 0 Å². The predicted octanol–water partition coefficient (Wildman–Crippen LogP) is 1.77. The van der Waals surface area contributed by atoms with Gasteiger partial charge in [0, 0.05) is 38.6 Å². The first-order valence-electron chi connectivity index (χ1n) is 6.39. The molecule has 0 saturated carbocycles. The SMILES string of the molecule is CCCNc1ccnc(CN2CCN(C)C2=O)c1. The molecule has 1 saturated heterocycles. The number of carbonyl (C=O) groups is 1. The van der Waals surface area contributed by atoms with E-state index in [1.165, 1.54) is 0 Å². The van der Waals surface area contributed by atoms with E-state index in [9.17, 15) is 4.79 Å². The van der Waals surface area contributed by atoms with E-state index >= 15 is 0 Å². The van der Waals surface area contributed by atoms with Crippen molar-refractivity contribution in [1.29, 1.82) is 0 Å². The Morgan fingerprint density at radius 1 is 1.44 bits per heavy atom. The first-order chi connectivity index (χ1) is 8.70. The molecule has 2 amide bonds. The molecule has 0 radical (unpaired) electrons. The predicted molar refractivity (Wildman–Crippen MR) is 71.5 cm³/mol. The Morgan fingerprint density at radius 2 is 2.28 bits per heavy atom. The number of amides is 2. The van der Waals surface area contributed by atoms with Crippen LogP contribution >= 0.6 is 0 Å². The van der Waals surface area contributed by atoms with Crippen molar-refractivity contribution in [1.82, 2.24) is 14.8 Å². The molecule has 0 aromatic carbocycles. The number of aromatic nitrogens is 1. The summed E-state index contributed by atoms with van der Waals surface area (Å²) in [5.74, 6) is 0. The number of likely N-dealkylation sites (N-methyl/N-ethyl adjacent to an activating group) is 1. The van der Waals surface area contributed by atoms with Crippen LogP contribution in [0.3, 0.4) is 0 Å². The van der Waals surface area contributed by atoms with Crippen LogP contribution in [0.4, 0.5) is 10.5 Å². The number of hydrogen-bond donors (Lipinski definition) is 1. The Balaban J connectivity index is 1.99. The fraction of sp³-hybridized carbons (Fsp3) is 0.538. The summed E-state index contributed by atoms with van der Waals surface area (Å²) < 4.78 is 0. The highest BCUT2D eigenvalue weighted by Gasteiger charge is 2.25. The molecule has 5 heteroatoms. The average molecular weight is 248 g/mol. The van der Waals surface area contributed by atoms with Crippen LogP contribution in [-0.4, -0.2) is 47.5 Å². The van der Waals surface area contributed by atoms with Gasteiger partial charge in [0.25, 0.3) is 0 Å². The van der Waals surface area contributed by atoms with E-state index in [1.807, 2.05) is 24.1 Å². The fourth-order valence-electron chi connectivity index (χ4n) is 1.99. The number of hydrogen-bond acceptors (Lipinski definition) is 3. The molecule has 1 aromatic rings. The maximum absolute atomic E-state index is 11.8. The molecule has 1 fully saturated rings. The molecule has 2 heterocycles. The lowest BCUT2D eigenvalue weighted by Crippen LogP contribution is -2.29. The van der Waals surface area contributed by atoms with Crippen molar-refractivity contribution >= 4 is 11.7 Å². The molecule has 0 unspecified atom stereocenters. The molecule has 1 N–H and O–H groups in total. The zero-order valence-electron chi connectivity index (χ0n) is 11.0. The van der Waals surface area contributed by atoms with Crippen LogP contribution in [0.1, 0.15) is 19.0 Å². The van der Waals surface area contributed by atoms with E-state index in [2.05, 4.69) is 17.2 Å². The summed E-state index contributed by atoms with van der Waals surface area (Å²) in [5, 5.41) is 3.33. The van der Waals surface area contributed by atoms with Gasteiger partial charge in [-0.15, -0.1) is 0 Å². The van der Waals surface area contributed by atoms with Gasteiger partial charge in [-0.1, -0.05) is 6.92 Å². The first kappa shape index (κ1) is 12.7. The standard InChI is InChI=1S/C13H20N4O/c1-3-5-14-11-4-6-15-12(9-11)10-17-8-7-16(2)13(17)18/h4,6,9H,3,5,7-8,10H2,1-2H3,(H,14,15). The van der Waals surface area contributed by atoms with Gasteiger partial charge >= 0.3 is 6.03 Å². The fourth-order valence-corrected chi connectivity index (χ4v) is 1.99. The number of urea groups is 1. The van der Waals surface area contributed by atoms with Gasteiger partial charge in [0.15, 0.2) is 0 Å². The number of carbonyl (C=O) groups excluding carboxylic acids is 1. The van der Waals surface area contributed by atoms with Crippen LogP contribution in [-0.2, 0) is 6.54 Å². The van der Waals surface area contributed by atoms with Gasteiger partial charge in [0.1, 0.15) is 0 Å². The van der Waals surface area contributed by atoms with Gasteiger partial charge < -0.3 is 15.1 Å². The minimum Gasteiger partial charge on any atom is -0.385 e. The zero-order valence-corrected chi connectivity index (χ0v) is 11.0. The lowest BCUT2D eigenvalue weighted by Gasteiger charge is -2.16. The van der Waals surface area contributed by atoms with E-state index in [0.717, 1.165) is 37.4 Å². The molecule has 5 nitrogen and oxygen atoms in total. The summed E-state index contributed by atoms with van der Waals surface area (Å²) in [7, 11) is 1.83. The van der Waals surface area contributed by atoms with E-state index in [0.29, 0.717) is 6.54 Å². The molecule has 0 atom stereocenters. The van der Waals surface area contributed by atoms with Crippen molar-refractivity contribution in [3.63, 3.8) is 0 Å². The van der Waals surface area contributed by atoms with E-state index in [4.69, 9.17) is 0 Å². The second-order valence-corrected chi connectivity index (χ2v) is 4.59. The van der Waals surface area contributed by atoms with Crippen LogP contribution in [0.15, 0.2) is 18.3 Å². The molecule has 1 aliphatic rings. The number of nitrogens with one attached hydrogen (secondary N) is 1. The summed E-state index contributed by atoms with van der Waals surface area (Å²) >= 11 is 0. The molecule has 0 bridgehead atoms.